The van der Waals surface area contributed by atoms with Crippen LogP contribution in [0.3, 0.4) is 0 Å². The highest BCUT2D eigenvalue weighted by Crippen LogP contribution is 1.96. The van der Waals surface area contributed by atoms with Crippen molar-refractivity contribution in [3.05, 3.63) is 12.8 Å². The van der Waals surface area contributed by atoms with Gasteiger partial charge in [0, 0.05) is 6.61 Å². The molecule has 0 radical (unpaired) electrons. The summed E-state index contributed by atoms with van der Waals surface area (Å²) >= 11 is 0. The molecule has 0 spiro atoms. The van der Waals surface area contributed by atoms with Gasteiger partial charge in [-0.15, -0.1) is 0 Å². The maximum Gasteiger partial charge on any atom is 0.222 e. The standard InChI is InChI=1S/C8H16O4/c1-3-11-8(12-4-2)7-10-6-5-9/h3,8-9H,1,4-7H2,2H3. The zero-order chi connectivity index (χ0) is 9.23. The molecular weight excluding hydrogens is 160 g/mol. The van der Waals surface area contributed by atoms with Crippen LogP contribution in [0.2, 0.25) is 0 Å². The van der Waals surface area contributed by atoms with Gasteiger partial charge in [0.1, 0.15) is 6.61 Å². The number of aliphatic hydroxyl groups is 1. The van der Waals surface area contributed by atoms with Gasteiger partial charge in [0.2, 0.25) is 6.29 Å². The zero-order valence-electron chi connectivity index (χ0n) is 7.36. The lowest BCUT2D eigenvalue weighted by Crippen LogP contribution is -2.22. The minimum atomic E-state index is -0.418. The van der Waals surface area contributed by atoms with Crippen LogP contribution in [0, 0.1) is 0 Å². The predicted molar refractivity (Wildman–Crippen MR) is 44.6 cm³/mol. The summed E-state index contributed by atoms with van der Waals surface area (Å²) < 4.78 is 15.1. The molecule has 1 N–H and O–H groups in total. The van der Waals surface area contributed by atoms with Crippen molar-refractivity contribution >= 4 is 0 Å². The molecule has 72 valence electrons. The molecule has 4 heteroatoms. The summed E-state index contributed by atoms with van der Waals surface area (Å²) in [5.41, 5.74) is 0. The van der Waals surface area contributed by atoms with E-state index in [1.807, 2.05) is 6.92 Å². The van der Waals surface area contributed by atoms with E-state index in [9.17, 15) is 0 Å². The monoisotopic (exact) mass is 176 g/mol. The molecule has 0 fully saturated rings. The third kappa shape index (κ3) is 6.15. The Labute approximate surface area is 72.7 Å². The van der Waals surface area contributed by atoms with Gasteiger partial charge in [-0.2, -0.15) is 0 Å². The molecule has 0 aliphatic heterocycles. The Morgan fingerprint density at radius 1 is 1.58 bits per heavy atom. The molecule has 0 rings (SSSR count). The van der Waals surface area contributed by atoms with E-state index in [0.29, 0.717) is 19.8 Å². The van der Waals surface area contributed by atoms with Crippen molar-refractivity contribution < 1.29 is 19.3 Å². The summed E-state index contributed by atoms with van der Waals surface area (Å²) in [4.78, 5) is 0. The van der Waals surface area contributed by atoms with Gasteiger partial charge in [-0.25, -0.2) is 0 Å². The average molecular weight is 176 g/mol. The lowest BCUT2D eigenvalue weighted by atomic mass is 10.6. The predicted octanol–water partition coefficient (Wildman–Crippen LogP) is 0.518. The summed E-state index contributed by atoms with van der Waals surface area (Å²) in [7, 11) is 0. The molecule has 0 saturated carbocycles. The van der Waals surface area contributed by atoms with Gasteiger partial charge >= 0.3 is 0 Å². The molecule has 0 aromatic rings. The molecule has 0 heterocycles. The Balaban J connectivity index is 3.40. The maximum atomic E-state index is 8.41. The lowest BCUT2D eigenvalue weighted by molar-refractivity contribution is -0.141. The van der Waals surface area contributed by atoms with Crippen molar-refractivity contribution in [2.45, 2.75) is 13.2 Å². The highest BCUT2D eigenvalue weighted by molar-refractivity contribution is 4.52. The first-order valence-corrected chi connectivity index (χ1v) is 3.91. The Morgan fingerprint density at radius 3 is 2.83 bits per heavy atom. The van der Waals surface area contributed by atoms with Crippen molar-refractivity contribution in [1.82, 2.24) is 0 Å². The minimum absolute atomic E-state index is 0.00688. The zero-order valence-corrected chi connectivity index (χ0v) is 7.36. The number of rotatable bonds is 8. The Morgan fingerprint density at radius 2 is 2.33 bits per heavy atom. The number of ether oxygens (including phenoxy) is 3. The fourth-order valence-electron chi connectivity index (χ4n) is 0.664. The molecule has 0 aliphatic carbocycles. The Hall–Kier alpha value is -0.580. The minimum Gasteiger partial charge on any atom is -0.471 e. The van der Waals surface area contributed by atoms with Crippen LogP contribution in [0.4, 0.5) is 0 Å². The van der Waals surface area contributed by atoms with Gasteiger partial charge in [0.25, 0.3) is 0 Å². The summed E-state index contributed by atoms with van der Waals surface area (Å²) in [5.74, 6) is 0. The number of aliphatic hydroxyl groups excluding tert-OH is 1. The van der Waals surface area contributed by atoms with E-state index in [2.05, 4.69) is 6.58 Å². The van der Waals surface area contributed by atoms with Crippen molar-refractivity contribution in [1.29, 1.82) is 0 Å². The molecule has 1 unspecified atom stereocenters. The lowest BCUT2D eigenvalue weighted by Gasteiger charge is -2.15. The molecule has 12 heavy (non-hydrogen) atoms. The van der Waals surface area contributed by atoms with Crippen LogP contribution in [0.15, 0.2) is 12.8 Å². The largest absolute Gasteiger partial charge is 0.471 e. The molecule has 4 nitrogen and oxygen atoms in total. The van der Waals surface area contributed by atoms with E-state index >= 15 is 0 Å². The fraction of sp³-hybridized carbons (Fsp3) is 0.750. The van der Waals surface area contributed by atoms with Crippen molar-refractivity contribution in [3.8, 4) is 0 Å². The summed E-state index contributed by atoms with van der Waals surface area (Å²) in [5, 5.41) is 8.41. The van der Waals surface area contributed by atoms with Crippen LogP contribution < -0.4 is 0 Å². The summed E-state index contributed by atoms with van der Waals surface area (Å²) in [6.07, 6.45) is 0.891. The maximum absolute atomic E-state index is 8.41. The van der Waals surface area contributed by atoms with E-state index in [0.717, 1.165) is 0 Å². The average Bonchev–Trinajstić information content (AvgIpc) is 2.06. The third-order valence-corrected chi connectivity index (χ3v) is 1.09. The van der Waals surface area contributed by atoms with Crippen molar-refractivity contribution in [2.24, 2.45) is 0 Å². The first kappa shape index (κ1) is 11.4. The SMILES string of the molecule is C=COC(COCCO)OCC. The van der Waals surface area contributed by atoms with Crippen LogP contribution in [-0.4, -0.2) is 37.8 Å². The van der Waals surface area contributed by atoms with Crippen LogP contribution in [-0.2, 0) is 14.2 Å². The van der Waals surface area contributed by atoms with Gasteiger partial charge in [0.15, 0.2) is 0 Å². The molecule has 0 aromatic carbocycles. The second-order valence-corrected chi connectivity index (χ2v) is 1.99. The second-order valence-electron chi connectivity index (χ2n) is 1.99. The highest BCUT2D eigenvalue weighted by Gasteiger charge is 2.06. The summed E-state index contributed by atoms with van der Waals surface area (Å²) in [6.45, 7) is 6.44. The second kappa shape index (κ2) is 8.52. The highest BCUT2D eigenvalue weighted by atomic mass is 16.7. The normalized spacial score (nSPS) is 12.5. The molecule has 1 atom stereocenters. The first-order chi connectivity index (χ1) is 5.85. The van der Waals surface area contributed by atoms with Crippen LogP contribution >= 0.6 is 0 Å². The molecule has 0 aliphatic rings. The van der Waals surface area contributed by atoms with Gasteiger partial charge in [-0.3, -0.25) is 0 Å². The summed E-state index contributed by atoms with van der Waals surface area (Å²) in [6, 6.07) is 0. The van der Waals surface area contributed by atoms with Crippen LogP contribution in [0.5, 0.6) is 0 Å². The van der Waals surface area contributed by atoms with Crippen molar-refractivity contribution in [3.63, 3.8) is 0 Å². The van der Waals surface area contributed by atoms with Gasteiger partial charge in [-0.05, 0) is 6.92 Å². The molecule has 0 aromatic heterocycles. The Bertz CT molecular complexity index is 105. The number of hydrogen-bond donors (Lipinski definition) is 1. The van der Waals surface area contributed by atoms with Crippen LogP contribution in [0.25, 0.3) is 0 Å². The molecule has 0 bridgehead atoms. The molecular formula is C8H16O4. The van der Waals surface area contributed by atoms with E-state index in [1.165, 1.54) is 6.26 Å². The molecule has 0 saturated heterocycles. The Kier molecular flexibility index (Phi) is 8.10. The quantitative estimate of drug-likeness (QED) is 0.333. The topological polar surface area (TPSA) is 47.9 Å². The van der Waals surface area contributed by atoms with E-state index in [-0.39, 0.29) is 6.61 Å². The third-order valence-electron chi connectivity index (χ3n) is 1.09. The van der Waals surface area contributed by atoms with E-state index in [4.69, 9.17) is 19.3 Å². The molecule has 0 amide bonds. The van der Waals surface area contributed by atoms with Gasteiger partial charge in [0.05, 0.1) is 19.5 Å². The van der Waals surface area contributed by atoms with Crippen molar-refractivity contribution in [2.75, 3.05) is 26.4 Å². The van der Waals surface area contributed by atoms with E-state index < -0.39 is 6.29 Å². The first-order valence-electron chi connectivity index (χ1n) is 3.91. The number of hydrogen-bond acceptors (Lipinski definition) is 4. The van der Waals surface area contributed by atoms with Crippen LogP contribution in [0.1, 0.15) is 6.92 Å². The van der Waals surface area contributed by atoms with E-state index in [1.54, 1.807) is 0 Å². The smallest absolute Gasteiger partial charge is 0.222 e. The van der Waals surface area contributed by atoms with Gasteiger partial charge < -0.3 is 19.3 Å². The van der Waals surface area contributed by atoms with Gasteiger partial charge in [-0.1, -0.05) is 6.58 Å². The fourth-order valence-corrected chi connectivity index (χ4v) is 0.664.